The minimum absolute atomic E-state index is 0.125. The first kappa shape index (κ1) is 19.6. The first-order chi connectivity index (χ1) is 14.4. The average Bonchev–Trinajstić information content (AvgIpc) is 3.37. The Kier molecular flexibility index (Phi) is 5.23. The van der Waals surface area contributed by atoms with Crippen molar-refractivity contribution in [3.63, 3.8) is 0 Å². The zero-order chi connectivity index (χ0) is 21.1. The number of amides is 1. The molecule has 0 radical (unpaired) electrons. The molecule has 6 nitrogen and oxygen atoms in total. The second-order valence-electron chi connectivity index (χ2n) is 8.27. The second kappa shape index (κ2) is 7.99. The van der Waals surface area contributed by atoms with Gasteiger partial charge in [-0.15, -0.1) is 0 Å². The SMILES string of the molecule is CC(C)(C)c1cc(NC(=O)c2cnn(-c3ccccc3)c2)n(Cc2ccccc2)n1. The molecule has 0 atom stereocenters. The number of nitrogens with zero attached hydrogens (tertiary/aromatic N) is 4. The Morgan fingerprint density at radius 2 is 1.67 bits per heavy atom. The van der Waals surface area contributed by atoms with Crippen molar-refractivity contribution in [2.75, 3.05) is 5.32 Å². The monoisotopic (exact) mass is 399 g/mol. The molecular weight excluding hydrogens is 374 g/mol. The summed E-state index contributed by atoms with van der Waals surface area (Å²) in [6.45, 7) is 6.91. The zero-order valence-electron chi connectivity index (χ0n) is 17.4. The van der Waals surface area contributed by atoms with Gasteiger partial charge >= 0.3 is 0 Å². The Labute approximate surface area is 176 Å². The Hall–Kier alpha value is -3.67. The Morgan fingerprint density at radius 3 is 2.33 bits per heavy atom. The minimum Gasteiger partial charge on any atom is -0.307 e. The summed E-state index contributed by atoms with van der Waals surface area (Å²) in [6, 6.07) is 21.7. The molecule has 0 unspecified atom stereocenters. The number of rotatable bonds is 5. The van der Waals surface area contributed by atoms with Crippen LogP contribution >= 0.6 is 0 Å². The molecule has 0 aliphatic carbocycles. The van der Waals surface area contributed by atoms with E-state index >= 15 is 0 Å². The van der Waals surface area contributed by atoms with Crippen molar-refractivity contribution < 1.29 is 4.79 Å². The molecule has 4 aromatic rings. The molecule has 0 saturated carbocycles. The standard InChI is InChI=1S/C24H25N5O/c1-24(2,3)21-14-22(29(27-21)16-18-10-6-4-7-11-18)26-23(30)19-15-25-28(17-19)20-12-8-5-9-13-20/h4-15,17H,16H2,1-3H3,(H,26,30). The van der Waals surface area contributed by atoms with E-state index in [-0.39, 0.29) is 11.3 Å². The quantitative estimate of drug-likeness (QED) is 0.530. The minimum atomic E-state index is -0.216. The van der Waals surface area contributed by atoms with Crippen molar-refractivity contribution in [1.29, 1.82) is 0 Å². The van der Waals surface area contributed by atoms with E-state index in [1.807, 2.05) is 71.4 Å². The van der Waals surface area contributed by atoms with E-state index in [2.05, 4.69) is 31.2 Å². The van der Waals surface area contributed by atoms with Crippen LogP contribution in [0, 0.1) is 0 Å². The molecule has 0 aliphatic heterocycles. The van der Waals surface area contributed by atoms with Crippen LogP contribution in [-0.4, -0.2) is 25.5 Å². The van der Waals surface area contributed by atoms with Crippen LogP contribution in [0.4, 0.5) is 5.82 Å². The number of aromatic nitrogens is 4. The molecular formula is C24H25N5O. The third kappa shape index (κ3) is 4.33. The van der Waals surface area contributed by atoms with Gasteiger partial charge in [0.05, 0.1) is 29.7 Å². The summed E-state index contributed by atoms with van der Waals surface area (Å²) in [4.78, 5) is 12.9. The first-order valence-electron chi connectivity index (χ1n) is 9.94. The lowest BCUT2D eigenvalue weighted by Crippen LogP contribution is -2.16. The summed E-state index contributed by atoms with van der Waals surface area (Å²) in [7, 11) is 0. The van der Waals surface area contributed by atoms with Crippen LogP contribution in [0.3, 0.4) is 0 Å². The van der Waals surface area contributed by atoms with Crippen LogP contribution in [0.1, 0.15) is 42.4 Å². The van der Waals surface area contributed by atoms with Crippen molar-refractivity contribution in [2.45, 2.75) is 32.7 Å². The molecule has 0 fully saturated rings. The number of para-hydroxylation sites is 1. The smallest absolute Gasteiger partial charge is 0.260 e. The lowest BCUT2D eigenvalue weighted by atomic mass is 9.92. The fourth-order valence-electron chi connectivity index (χ4n) is 3.11. The summed E-state index contributed by atoms with van der Waals surface area (Å²) in [5.41, 5.74) is 3.31. The number of hydrogen-bond donors (Lipinski definition) is 1. The topological polar surface area (TPSA) is 64.7 Å². The Balaban J connectivity index is 1.59. The van der Waals surface area contributed by atoms with Gasteiger partial charge in [-0.25, -0.2) is 9.36 Å². The number of hydrogen-bond acceptors (Lipinski definition) is 3. The summed E-state index contributed by atoms with van der Waals surface area (Å²) < 4.78 is 3.53. The van der Waals surface area contributed by atoms with Gasteiger partial charge in [0.1, 0.15) is 5.82 Å². The third-order valence-corrected chi connectivity index (χ3v) is 4.83. The first-order valence-corrected chi connectivity index (χ1v) is 9.94. The molecule has 2 aromatic heterocycles. The highest BCUT2D eigenvalue weighted by atomic mass is 16.1. The largest absolute Gasteiger partial charge is 0.307 e. The highest BCUT2D eigenvalue weighted by Crippen LogP contribution is 2.25. The average molecular weight is 399 g/mol. The lowest BCUT2D eigenvalue weighted by molar-refractivity contribution is 0.102. The molecule has 2 heterocycles. The highest BCUT2D eigenvalue weighted by Gasteiger charge is 2.21. The molecule has 30 heavy (non-hydrogen) atoms. The number of anilines is 1. The van der Waals surface area contributed by atoms with Gasteiger partial charge in [0.25, 0.3) is 5.91 Å². The number of carbonyl (C=O) groups is 1. The maximum atomic E-state index is 12.9. The van der Waals surface area contributed by atoms with Crippen LogP contribution in [0.25, 0.3) is 5.69 Å². The maximum Gasteiger partial charge on any atom is 0.260 e. The van der Waals surface area contributed by atoms with Crippen molar-refractivity contribution in [1.82, 2.24) is 19.6 Å². The van der Waals surface area contributed by atoms with Gasteiger partial charge in [-0.1, -0.05) is 69.3 Å². The van der Waals surface area contributed by atoms with Gasteiger partial charge in [-0.3, -0.25) is 4.79 Å². The van der Waals surface area contributed by atoms with E-state index in [1.54, 1.807) is 17.1 Å². The summed E-state index contributed by atoms with van der Waals surface area (Å²) in [5.74, 6) is 0.452. The normalized spacial score (nSPS) is 11.4. The summed E-state index contributed by atoms with van der Waals surface area (Å²) in [5, 5.41) is 12.1. The zero-order valence-corrected chi connectivity index (χ0v) is 17.4. The van der Waals surface area contributed by atoms with Gasteiger partial charge in [-0.05, 0) is 17.7 Å². The lowest BCUT2D eigenvalue weighted by Gasteiger charge is -2.14. The molecule has 4 rings (SSSR count). The van der Waals surface area contributed by atoms with Crippen LogP contribution in [0.5, 0.6) is 0 Å². The predicted octanol–water partition coefficient (Wildman–Crippen LogP) is 4.67. The number of nitrogens with one attached hydrogen (secondary N) is 1. The fourth-order valence-corrected chi connectivity index (χ4v) is 3.11. The van der Waals surface area contributed by atoms with Crippen molar-refractivity contribution in [3.8, 4) is 5.69 Å². The van der Waals surface area contributed by atoms with E-state index in [0.29, 0.717) is 17.9 Å². The van der Waals surface area contributed by atoms with Gasteiger partial charge in [0.15, 0.2) is 0 Å². The van der Waals surface area contributed by atoms with E-state index < -0.39 is 0 Å². The van der Waals surface area contributed by atoms with Gasteiger partial charge in [0.2, 0.25) is 0 Å². The van der Waals surface area contributed by atoms with E-state index in [4.69, 9.17) is 5.10 Å². The van der Waals surface area contributed by atoms with Crippen LogP contribution in [0.2, 0.25) is 0 Å². The molecule has 2 aromatic carbocycles. The molecule has 0 saturated heterocycles. The van der Waals surface area contributed by atoms with Crippen molar-refractivity contribution >= 4 is 11.7 Å². The number of benzene rings is 2. The highest BCUT2D eigenvalue weighted by molar-refractivity contribution is 6.03. The van der Waals surface area contributed by atoms with Crippen LogP contribution in [0.15, 0.2) is 79.1 Å². The molecule has 6 heteroatoms. The van der Waals surface area contributed by atoms with Gasteiger partial charge in [0, 0.05) is 17.7 Å². The molecule has 0 aliphatic rings. The Bertz CT molecular complexity index is 1140. The molecule has 0 bridgehead atoms. The van der Waals surface area contributed by atoms with Gasteiger partial charge < -0.3 is 5.32 Å². The molecule has 1 N–H and O–H groups in total. The van der Waals surface area contributed by atoms with E-state index in [9.17, 15) is 4.79 Å². The second-order valence-corrected chi connectivity index (χ2v) is 8.27. The predicted molar refractivity (Wildman–Crippen MR) is 118 cm³/mol. The van der Waals surface area contributed by atoms with E-state index in [1.165, 1.54) is 0 Å². The molecule has 0 spiro atoms. The van der Waals surface area contributed by atoms with Crippen LogP contribution < -0.4 is 5.32 Å². The summed E-state index contributed by atoms with van der Waals surface area (Å²) in [6.07, 6.45) is 3.30. The molecule has 1 amide bonds. The fraction of sp³-hybridized carbons (Fsp3) is 0.208. The van der Waals surface area contributed by atoms with Crippen LogP contribution in [-0.2, 0) is 12.0 Å². The molecule has 152 valence electrons. The summed E-state index contributed by atoms with van der Waals surface area (Å²) >= 11 is 0. The van der Waals surface area contributed by atoms with Crippen molar-refractivity contribution in [3.05, 3.63) is 95.9 Å². The van der Waals surface area contributed by atoms with Crippen molar-refractivity contribution in [2.24, 2.45) is 0 Å². The maximum absolute atomic E-state index is 12.9. The van der Waals surface area contributed by atoms with E-state index in [0.717, 1.165) is 16.9 Å². The van der Waals surface area contributed by atoms with Gasteiger partial charge in [-0.2, -0.15) is 10.2 Å². The Morgan fingerprint density at radius 1 is 1.00 bits per heavy atom. The third-order valence-electron chi connectivity index (χ3n) is 4.83. The number of carbonyl (C=O) groups excluding carboxylic acids is 1.